The lowest BCUT2D eigenvalue weighted by atomic mass is 10.1. The topological polar surface area (TPSA) is 17.1 Å². The smallest absolute Gasteiger partial charge is 0.206 e. The summed E-state index contributed by atoms with van der Waals surface area (Å²) in [4.78, 5) is 12.4. The summed E-state index contributed by atoms with van der Waals surface area (Å²) in [6.07, 6.45) is 0. The Balaban J connectivity index is 2.10. The third-order valence-electron chi connectivity index (χ3n) is 2.90. The van der Waals surface area contributed by atoms with Gasteiger partial charge in [-0.3, -0.25) is 4.79 Å². The number of ketones is 1. The highest BCUT2D eigenvalue weighted by Crippen LogP contribution is 2.28. The second-order valence-electron chi connectivity index (χ2n) is 4.22. The van der Waals surface area contributed by atoms with Crippen molar-refractivity contribution in [2.75, 3.05) is 0 Å². The highest BCUT2D eigenvalue weighted by molar-refractivity contribution is 7.21. The number of rotatable bonds is 2. The van der Waals surface area contributed by atoms with Crippen molar-refractivity contribution in [2.24, 2.45) is 0 Å². The van der Waals surface area contributed by atoms with Gasteiger partial charge in [-0.05, 0) is 35.7 Å². The number of carbonyl (C=O) groups excluding carboxylic acids is 1. The number of benzene rings is 2. The molecule has 0 aliphatic carbocycles. The van der Waals surface area contributed by atoms with Gasteiger partial charge in [0.15, 0.2) is 11.6 Å². The van der Waals surface area contributed by atoms with Crippen LogP contribution in [0.5, 0.6) is 0 Å². The number of carbonyl (C=O) groups is 1. The minimum atomic E-state index is -1.17. The fourth-order valence-electron chi connectivity index (χ4n) is 1.93. The van der Waals surface area contributed by atoms with Gasteiger partial charge < -0.3 is 0 Å². The summed E-state index contributed by atoms with van der Waals surface area (Å²) in [5, 5.41) is 0.691. The number of hydrogen-bond acceptors (Lipinski definition) is 2. The second kappa shape index (κ2) is 4.76. The lowest BCUT2D eigenvalue weighted by Gasteiger charge is -2.00. The molecule has 5 heteroatoms. The molecule has 0 aliphatic rings. The molecule has 0 fully saturated rings. The molecule has 0 spiro atoms. The zero-order chi connectivity index (χ0) is 14.3. The highest BCUT2D eigenvalue weighted by Gasteiger charge is 2.18. The minimum absolute atomic E-state index is 0.245. The molecule has 3 rings (SSSR count). The normalized spacial score (nSPS) is 10.9. The summed E-state index contributed by atoms with van der Waals surface area (Å²) in [7, 11) is 0. The molecule has 0 saturated carbocycles. The lowest BCUT2D eigenvalue weighted by Crippen LogP contribution is -2.03. The maximum Gasteiger partial charge on any atom is 0.206 e. The summed E-state index contributed by atoms with van der Waals surface area (Å²) >= 11 is 1.05. The molecule has 3 aromatic rings. The van der Waals surface area contributed by atoms with Gasteiger partial charge in [0, 0.05) is 4.70 Å². The van der Waals surface area contributed by atoms with Crippen LogP contribution in [0.3, 0.4) is 0 Å². The molecular weight excluding hydrogens is 285 g/mol. The van der Waals surface area contributed by atoms with Crippen molar-refractivity contribution in [3.05, 3.63) is 70.4 Å². The Labute approximate surface area is 116 Å². The fourth-order valence-corrected chi connectivity index (χ4v) is 2.97. The monoisotopic (exact) mass is 292 g/mol. The van der Waals surface area contributed by atoms with Gasteiger partial charge in [-0.1, -0.05) is 12.1 Å². The Morgan fingerprint density at radius 1 is 1.00 bits per heavy atom. The molecule has 0 atom stereocenters. The predicted octanol–water partition coefficient (Wildman–Crippen LogP) is 4.55. The maximum absolute atomic E-state index is 13.6. The molecule has 0 radical (unpaired) electrons. The first-order valence-corrected chi connectivity index (χ1v) is 6.56. The van der Waals surface area contributed by atoms with E-state index in [1.165, 1.54) is 24.3 Å². The third-order valence-corrected chi connectivity index (χ3v) is 4.00. The van der Waals surface area contributed by atoms with E-state index in [2.05, 4.69) is 0 Å². The molecule has 0 saturated heterocycles. The van der Waals surface area contributed by atoms with E-state index < -0.39 is 23.2 Å². The molecule has 100 valence electrons. The minimum Gasteiger partial charge on any atom is -0.288 e. The van der Waals surface area contributed by atoms with Crippen molar-refractivity contribution in [3.8, 4) is 0 Å². The van der Waals surface area contributed by atoms with Crippen molar-refractivity contribution >= 4 is 27.2 Å². The molecule has 20 heavy (non-hydrogen) atoms. The fraction of sp³-hybridized carbons (Fsp3) is 0. The van der Waals surface area contributed by atoms with Gasteiger partial charge >= 0.3 is 0 Å². The number of hydrogen-bond donors (Lipinski definition) is 0. The van der Waals surface area contributed by atoms with Crippen LogP contribution in [0.1, 0.15) is 15.2 Å². The first-order chi connectivity index (χ1) is 9.56. The van der Waals surface area contributed by atoms with E-state index in [1.54, 1.807) is 12.1 Å². The molecule has 0 N–H and O–H groups in total. The van der Waals surface area contributed by atoms with E-state index in [1.807, 2.05) is 0 Å². The average molecular weight is 292 g/mol. The van der Waals surface area contributed by atoms with Crippen LogP contribution < -0.4 is 0 Å². The molecule has 0 amide bonds. The van der Waals surface area contributed by atoms with Gasteiger partial charge in [0.25, 0.3) is 0 Å². The SMILES string of the molecule is O=C(c1cc2ccc(F)cc2s1)c1cccc(F)c1F. The number of halogens is 3. The van der Waals surface area contributed by atoms with Gasteiger partial charge in [0.2, 0.25) is 5.78 Å². The largest absolute Gasteiger partial charge is 0.288 e. The number of fused-ring (bicyclic) bond motifs is 1. The quantitative estimate of drug-likeness (QED) is 0.633. The van der Waals surface area contributed by atoms with Crippen LogP contribution in [0.25, 0.3) is 10.1 Å². The van der Waals surface area contributed by atoms with E-state index in [0.29, 0.717) is 10.1 Å². The summed E-state index contributed by atoms with van der Waals surface area (Å²) in [6.45, 7) is 0. The predicted molar refractivity (Wildman–Crippen MR) is 71.6 cm³/mol. The second-order valence-corrected chi connectivity index (χ2v) is 5.31. The van der Waals surface area contributed by atoms with Crippen molar-refractivity contribution in [3.63, 3.8) is 0 Å². The number of thiophene rings is 1. The molecule has 0 bridgehead atoms. The molecule has 1 heterocycles. The average Bonchev–Trinajstić information content (AvgIpc) is 2.84. The van der Waals surface area contributed by atoms with Crippen LogP contribution in [0, 0.1) is 17.5 Å². The molecule has 0 aliphatic heterocycles. The third kappa shape index (κ3) is 2.10. The first-order valence-electron chi connectivity index (χ1n) is 5.74. The van der Waals surface area contributed by atoms with Crippen LogP contribution in [-0.2, 0) is 0 Å². The van der Waals surface area contributed by atoms with E-state index in [4.69, 9.17) is 0 Å². The summed E-state index contributed by atoms with van der Waals surface area (Å²) < 4.78 is 40.4. The van der Waals surface area contributed by atoms with Crippen molar-refractivity contribution in [2.45, 2.75) is 0 Å². The molecule has 0 unspecified atom stereocenters. The van der Waals surface area contributed by atoms with E-state index in [0.717, 1.165) is 17.4 Å². The molecule has 2 aromatic carbocycles. The van der Waals surface area contributed by atoms with Crippen molar-refractivity contribution in [1.29, 1.82) is 0 Å². The lowest BCUT2D eigenvalue weighted by molar-refractivity contribution is 0.103. The van der Waals surface area contributed by atoms with Crippen LogP contribution in [-0.4, -0.2) is 5.78 Å². The standard InChI is InChI=1S/C15H7F3OS/c16-9-5-4-8-6-13(20-12(8)7-9)15(19)10-2-1-3-11(17)14(10)18/h1-7H. The maximum atomic E-state index is 13.6. The van der Waals surface area contributed by atoms with Gasteiger partial charge in [-0.25, -0.2) is 13.2 Å². The Bertz CT molecular complexity index is 823. The summed E-state index contributed by atoms with van der Waals surface area (Å²) in [5.74, 6) is -3.25. The summed E-state index contributed by atoms with van der Waals surface area (Å²) in [6, 6.07) is 9.13. The van der Waals surface area contributed by atoms with Crippen LogP contribution in [0.4, 0.5) is 13.2 Å². The summed E-state index contributed by atoms with van der Waals surface area (Å²) in [5.41, 5.74) is -0.322. The van der Waals surface area contributed by atoms with Crippen molar-refractivity contribution in [1.82, 2.24) is 0 Å². The Morgan fingerprint density at radius 3 is 2.60 bits per heavy atom. The molecule has 1 nitrogen and oxygen atoms in total. The zero-order valence-corrected chi connectivity index (χ0v) is 10.8. The van der Waals surface area contributed by atoms with Gasteiger partial charge in [0.1, 0.15) is 5.82 Å². The van der Waals surface area contributed by atoms with E-state index in [9.17, 15) is 18.0 Å². The molecule has 1 aromatic heterocycles. The van der Waals surface area contributed by atoms with Crippen molar-refractivity contribution < 1.29 is 18.0 Å². The van der Waals surface area contributed by atoms with Crippen LogP contribution in [0.2, 0.25) is 0 Å². The zero-order valence-electron chi connectivity index (χ0n) is 9.99. The first kappa shape index (κ1) is 12.9. The Morgan fingerprint density at radius 2 is 1.80 bits per heavy atom. The molecular formula is C15H7F3OS. The van der Waals surface area contributed by atoms with Crippen LogP contribution >= 0.6 is 11.3 Å². The van der Waals surface area contributed by atoms with Gasteiger partial charge in [0.05, 0.1) is 10.4 Å². The Hall–Kier alpha value is -2.14. The van der Waals surface area contributed by atoms with Gasteiger partial charge in [-0.15, -0.1) is 11.3 Å². The van der Waals surface area contributed by atoms with E-state index in [-0.39, 0.29) is 10.4 Å². The van der Waals surface area contributed by atoms with E-state index >= 15 is 0 Å². The highest BCUT2D eigenvalue weighted by atomic mass is 32.1. The Kier molecular flexibility index (Phi) is 3.06. The van der Waals surface area contributed by atoms with Crippen LogP contribution in [0.15, 0.2) is 42.5 Å². The van der Waals surface area contributed by atoms with Gasteiger partial charge in [-0.2, -0.15) is 0 Å².